The number of carbonyl (C=O) groups is 3. The van der Waals surface area contributed by atoms with Crippen molar-refractivity contribution in [3.63, 3.8) is 0 Å². The molecule has 2 N–H and O–H groups in total. The summed E-state index contributed by atoms with van der Waals surface area (Å²) in [4.78, 5) is 43.2. The summed E-state index contributed by atoms with van der Waals surface area (Å²) in [6, 6.07) is 29.1. The van der Waals surface area contributed by atoms with Crippen LogP contribution in [0.1, 0.15) is 57.3 Å². The van der Waals surface area contributed by atoms with E-state index in [-0.39, 0.29) is 35.8 Å². The Morgan fingerprint density at radius 3 is 2.19 bits per heavy atom. The van der Waals surface area contributed by atoms with Crippen LogP contribution in [0, 0.1) is 0 Å². The number of nitrogens with one attached hydrogen (secondary N) is 1. The molecule has 11 nitrogen and oxygen atoms in total. The summed E-state index contributed by atoms with van der Waals surface area (Å²) in [5, 5.41) is 12.4. The van der Waals surface area contributed by atoms with Crippen LogP contribution >= 0.6 is 0 Å². The molecule has 53 heavy (non-hydrogen) atoms. The number of carbonyl (C=O) groups excluding carboxylic acids is 3. The van der Waals surface area contributed by atoms with Crippen LogP contribution in [0.5, 0.6) is 23.0 Å². The molecular weight excluding hydrogens is 672 g/mol. The third kappa shape index (κ3) is 7.58. The molecule has 2 fully saturated rings. The highest BCUT2D eigenvalue weighted by Crippen LogP contribution is 2.47. The second-order valence-corrected chi connectivity index (χ2v) is 14.2. The zero-order valence-electron chi connectivity index (χ0n) is 29.6. The first kappa shape index (κ1) is 34.7. The van der Waals surface area contributed by atoms with E-state index in [1.54, 1.807) is 23.1 Å². The average molecular weight is 717 g/mol. The third-order valence-corrected chi connectivity index (χ3v) is 10.9. The number of piperazine rings is 1. The Kier molecular flexibility index (Phi) is 10.0. The van der Waals surface area contributed by atoms with Crippen LogP contribution < -0.4 is 19.5 Å². The topological polar surface area (TPSA) is 121 Å². The number of hydrogen-bond acceptors (Lipinski definition) is 9. The van der Waals surface area contributed by atoms with Gasteiger partial charge in [-0.1, -0.05) is 48.5 Å². The Hall–Kier alpha value is -5.39. The van der Waals surface area contributed by atoms with E-state index < -0.39 is 11.9 Å². The molecule has 0 radical (unpaired) electrons. The molecule has 4 aliphatic heterocycles. The lowest BCUT2D eigenvalue weighted by Crippen LogP contribution is -2.52. The van der Waals surface area contributed by atoms with Gasteiger partial charge in [0.1, 0.15) is 42.3 Å². The number of phenolic OH excluding ortho intramolecular Hbond substituents is 1. The summed E-state index contributed by atoms with van der Waals surface area (Å²) >= 11 is 0. The van der Waals surface area contributed by atoms with Crippen molar-refractivity contribution in [1.29, 1.82) is 0 Å². The van der Waals surface area contributed by atoms with E-state index in [2.05, 4.69) is 63.6 Å². The number of benzene rings is 4. The second-order valence-electron chi connectivity index (χ2n) is 14.2. The fraction of sp³-hybridized carbons (Fsp3) is 0.357. The van der Waals surface area contributed by atoms with Crippen LogP contribution in [0.4, 0.5) is 0 Å². The molecule has 3 atom stereocenters. The van der Waals surface area contributed by atoms with Gasteiger partial charge in [-0.2, -0.15) is 0 Å². The Bertz CT molecular complexity index is 1960. The minimum atomic E-state index is -0.623. The van der Waals surface area contributed by atoms with Gasteiger partial charge in [0.15, 0.2) is 0 Å². The molecule has 3 amide bonds. The Balaban J connectivity index is 0.778. The molecule has 0 bridgehead atoms. The maximum absolute atomic E-state index is 13.0. The zero-order valence-corrected chi connectivity index (χ0v) is 29.6. The minimum absolute atomic E-state index is 0.0920. The summed E-state index contributed by atoms with van der Waals surface area (Å²) in [5.74, 6) is 1.85. The summed E-state index contributed by atoms with van der Waals surface area (Å²) in [6.07, 6.45) is 0.583. The van der Waals surface area contributed by atoms with Crippen LogP contribution in [0.3, 0.4) is 0 Å². The van der Waals surface area contributed by atoms with E-state index in [0.717, 1.165) is 61.9 Å². The number of rotatable bonds is 11. The number of piperidine rings is 1. The van der Waals surface area contributed by atoms with Crippen LogP contribution in [0.25, 0.3) is 0 Å². The van der Waals surface area contributed by atoms with E-state index in [1.807, 2.05) is 24.3 Å². The lowest BCUT2D eigenvalue weighted by Gasteiger charge is -2.35. The predicted octanol–water partition coefficient (Wildman–Crippen LogP) is 4.54. The smallest absolute Gasteiger partial charge is 0.255 e. The summed E-state index contributed by atoms with van der Waals surface area (Å²) in [7, 11) is 0. The molecule has 3 unspecified atom stereocenters. The number of amides is 3. The number of fused-ring (bicyclic) bond motifs is 2. The van der Waals surface area contributed by atoms with Gasteiger partial charge in [-0.25, -0.2) is 0 Å². The highest BCUT2D eigenvalue weighted by Gasteiger charge is 2.39. The maximum Gasteiger partial charge on any atom is 0.255 e. The highest BCUT2D eigenvalue weighted by atomic mass is 16.5. The van der Waals surface area contributed by atoms with Gasteiger partial charge < -0.3 is 24.2 Å². The van der Waals surface area contributed by atoms with Crippen molar-refractivity contribution < 1.29 is 33.7 Å². The Morgan fingerprint density at radius 1 is 0.774 bits per heavy atom. The first-order valence-corrected chi connectivity index (χ1v) is 18.5. The molecule has 4 heterocycles. The van der Waals surface area contributed by atoms with Crippen LogP contribution in [0.15, 0.2) is 91.0 Å². The number of phenols is 1. The maximum atomic E-state index is 13.0. The quantitative estimate of drug-likeness (QED) is 0.216. The molecule has 0 aromatic heterocycles. The monoisotopic (exact) mass is 716 g/mol. The molecule has 0 saturated carbocycles. The van der Waals surface area contributed by atoms with Gasteiger partial charge in [-0.15, -0.1) is 0 Å². The summed E-state index contributed by atoms with van der Waals surface area (Å²) in [6.45, 7) is 7.49. The Morgan fingerprint density at radius 2 is 1.47 bits per heavy atom. The van der Waals surface area contributed by atoms with Gasteiger partial charge in [0.2, 0.25) is 11.8 Å². The van der Waals surface area contributed by atoms with Gasteiger partial charge in [-0.3, -0.25) is 29.5 Å². The van der Waals surface area contributed by atoms with Crippen molar-refractivity contribution in [1.82, 2.24) is 20.0 Å². The predicted molar refractivity (Wildman–Crippen MR) is 197 cm³/mol. The van der Waals surface area contributed by atoms with E-state index in [1.165, 1.54) is 11.1 Å². The number of hydrogen-bond donors (Lipinski definition) is 2. The molecule has 0 aliphatic carbocycles. The SMILES string of the molecule is O=C1CCC(N2Cc3cc(OCCN4CCN(CCOc5ccc(C6c7ccc(O)cc7OCC6c6ccccc6)cc5)CC4)ccc3C2=O)C(=O)N1. The largest absolute Gasteiger partial charge is 0.508 e. The minimum Gasteiger partial charge on any atom is -0.508 e. The summed E-state index contributed by atoms with van der Waals surface area (Å²) in [5.41, 5.74) is 4.91. The van der Waals surface area contributed by atoms with Crippen molar-refractivity contribution >= 4 is 17.7 Å². The molecule has 11 heteroatoms. The van der Waals surface area contributed by atoms with Crippen LogP contribution in [-0.4, -0.2) is 103 Å². The molecule has 274 valence electrons. The Labute approximate surface area is 309 Å². The standard InChI is InChI=1S/C42H44N4O7/c47-31-8-12-35-38(25-31)53-27-36(28-4-2-1-3-5-28)40(35)29-6-9-32(10-7-29)51-22-20-44-16-18-45(19-17-44)21-23-52-33-11-13-34-30(24-33)26-46(42(34)50)37-14-15-39(48)43-41(37)49/h1-13,24-25,36-37,40,47H,14-23,26-27H2,(H,43,48,49). The third-order valence-electron chi connectivity index (χ3n) is 10.9. The molecular formula is C42H44N4O7. The first-order valence-electron chi connectivity index (χ1n) is 18.5. The zero-order chi connectivity index (χ0) is 36.3. The molecule has 2 saturated heterocycles. The molecule has 4 aromatic carbocycles. The molecule has 8 rings (SSSR count). The first-order chi connectivity index (χ1) is 25.9. The second kappa shape index (κ2) is 15.3. The van der Waals surface area contributed by atoms with Gasteiger partial charge in [-0.05, 0) is 59.5 Å². The normalized spacial score (nSPS) is 21.8. The van der Waals surface area contributed by atoms with Crippen LogP contribution in [0.2, 0.25) is 0 Å². The molecule has 4 aliphatic rings. The van der Waals surface area contributed by atoms with Gasteiger partial charge in [0.25, 0.3) is 5.91 Å². The van der Waals surface area contributed by atoms with Gasteiger partial charge in [0.05, 0.1) is 6.61 Å². The average Bonchev–Trinajstić information content (AvgIpc) is 3.50. The van der Waals surface area contributed by atoms with Crippen LogP contribution in [-0.2, 0) is 16.1 Å². The fourth-order valence-electron chi connectivity index (χ4n) is 8.03. The lowest BCUT2D eigenvalue weighted by molar-refractivity contribution is -0.136. The van der Waals surface area contributed by atoms with Crippen molar-refractivity contribution in [2.75, 3.05) is 59.1 Å². The van der Waals surface area contributed by atoms with E-state index in [4.69, 9.17) is 14.2 Å². The van der Waals surface area contributed by atoms with E-state index in [9.17, 15) is 19.5 Å². The van der Waals surface area contributed by atoms with Crippen molar-refractivity contribution in [3.8, 4) is 23.0 Å². The van der Waals surface area contributed by atoms with Crippen molar-refractivity contribution in [2.24, 2.45) is 0 Å². The number of ether oxygens (including phenoxy) is 3. The van der Waals surface area contributed by atoms with Gasteiger partial charge >= 0.3 is 0 Å². The summed E-state index contributed by atoms with van der Waals surface area (Å²) < 4.78 is 18.4. The van der Waals surface area contributed by atoms with Crippen molar-refractivity contribution in [2.45, 2.75) is 37.3 Å². The highest BCUT2D eigenvalue weighted by molar-refractivity contribution is 6.05. The van der Waals surface area contributed by atoms with Gasteiger partial charge in [0, 0.05) is 81.3 Å². The molecule has 0 spiro atoms. The van der Waals surface area contributed by atoms with E-state index in [0.29, 0.717) is 44.1 Å². The molecule has 4 aromatic rings. The lowest BCUT2D eigenvalue weighted by atomic mass is 9.76. The fourth-order valence-corrected chi connectivity index (χ4v) is 8.03. The number of imide groups is 1. The van der Waals surface area contributed by atoms with Crippen molar-refractivity contribution in [3.05, 3.63) is 119 Å². The van der Waals surface area contributed by atoms with E-state index >= 15 is 0 Å². The number of aromatic hydroxyl groups is 1. The number of nitrogens with zero attached hydrogens (tertiary/aromatic N) is 3.